The third-order valence-corrected chi connectivity index (χ3v) is 3.49. The Hall–Kier alpha value is -2.07. The highest BCUT2D eigenvalue weighted by molar-refractivity contribution is 6.30. The number of aromatic nitrogens is 1. The summed E-state index contributed by atoms with van der Waals surface area (Å²) >= 11 is 5.85. The average Bonchev–Trinajstić information content (AvgIpc) is 2.46. The van der Waals surface area contributed by atoms with Crippen LogP contribution in [0.2, 0.25) is 5.02 Å². The van der Waals surface area contributed by atoms with Crippen LogP contribution < -0.4 is 0 Å². The summed E-state index contributed by atoms with van der Waals surface area (Å²) in [6, 6.07) is 10.2. The van der Waals surface area contributed by atoms with Crippen LogP contribution in [0.4, 0.5) is 0 Å². The molecule has 1 aromatic carbocycles. The Labute approximate surface area is 122 Å². The van der Waals surface area contributed by atoms with E-state index >= 15 is 0 Å². The van der Waals surface area contributed by atoms with Gasteiger partial charge >= 0.3 is 0 Å². The number of nitrogens with zero attached hydrogens (tertiary/aromatic N) is 2. The Kier molecular flexibility index (Phi) is 4.25. The van der Waals surface area contributed by atoms with E-state index in [9.17, 15) is 9.90 Å². The summed E-state index contributed by atoms with van der Waals surface area (Å²) in [4.78, 5) is 17.8. The van der Waals surface area contributed by atoms with Crippen LogP contribution in [0.5, 0.6) is 5.75 Å². The molecule has 0 saturated heterocycles. The fourth-order valence-corrected chi connectivity index (χ4v) is 2.00. The molecule has 1 heterocycles. The van der Waals surface area contributed by atoms with Crippen LogP contribution in [-0.2, 0) is 0 Å². The number of hydrogen-bond acceptors (Lipinski definition) is 3. The van der Waals surface area contributed by atoms with Gasteiger partial charge < -0.3 is 10.0 Å². The number of pyridine rings is 1. The van der Waals surface area contributed by atoms with Crippen LogP contribution >= 0.6 is 11.6 Å². The predicted octanol–water partition coefficient (Wildman–Crippen LogP) is 3.27. The lowest BCUT2D eigenvalue weighted by molar-refractivity contribution is 0.0733. The van der Waals surface area contributed by atoms with Crippen molar-refractivity contribution in [1.29, 1.82) is 0 Å². The van der Waals surface area contributed by atoms with E-state index in [-0.39, 0.29) is 23.4 Å². The Balaban J connectivity index is 2.22. The summed E-state index contributed by atoms with van der Waals surface area (Å²) in [5, 5.41) is 10.3. The van der Waals surface area contributed by atoms with Crippen LogP contribution in [0.25, 0.3) is 0 Å². The Morgan fingerprint density at radius 1 is 1.30 bits per heavy atom. The van der Waals surface area contributed by atoms with Gasteiger partial charge in [0.05, 0.1) is 6.04 Å². The van der Waals surface area contributed by atoms with Gasteiger partial charge in [0, 0.05) is 18.3 Å². The van der Waals surface area contributed by atoms with E-state index in [0.29, 0.717) is 5.02 Å². The highest BCUT2D eigenvalue weighted by Crippen LogP contribution is 2.24. The van der Waals surface area contributed by atoms with Crippen molar-refractivity contribution in [2.45, 2.75) is 13.0 Å². The molecule has 1 N–H and O–H groups in total. The number of amides is 1. The van der Waals surface area contributed by atoms with Crippen molar-refractivity contribution >= 4 is 17.5 Å². The molecule has 0 spiro atoms. The van der Waals surface area contributed by atoms with Gasteiger partial charge in [-0.15, -0.1) is 0 Å². The molecule has 1 unspecified atom stereocenters. The van der Waals surface area contributed by atoms with Crippen LogP contribution in [0.1, 0.15) is 29.0 Å². The molecule has 0 radical (unpaired) electrons. The number of carbonyl (C=O) groups excluding carboxylic acids is 1. The third kappa shape index (κ3) is 2.91. The number of carbonyl (C=O) groups is 1. The van der Waals surface area contributed by atoms with Crippen molar-refractivity contribution in [3.63, 3.8) is 0 Å². The largest absolute Gasteiger partial charge is 0.505 e. The predicted molar refractivity (Wildman–Crippen MR) is 77.9 cm³/mol. The number of rotatable bonds is 3. The van der Waals surface area contributed by atoms with Crippen molar-refractivity contribution in [2.75, 3.05) is 7.05 Å². The number of halogens is 1. The average molecular weight is 291 g/mol. The van der Waals surface area contributed by atoms with Crippen molar-refractivity contribution in [3.05, 3.63) is 58.9 Å². The lowest BCUT2D eigenvalue weighted by atomic mass is 10.1. The minimum absolute atomic E-state index is 0.0517. The van der Waals surface area contributed by atoms with Crippen LogP contribution in [0.3, 0.4) is 0 Å². The smallest absolute Gasteiger partial charge is 0.276 e. The molecule has 0 saturated carbocycles. The number of hydrogen-bond donors (Lipinski definition) is 1. The van der Waals surface area contributed by atoms with E-state index in [4.69, 9.17) is 11.6 Å². The summed E-state index contributed by atoms with van der Waals surface area (Å²) < 4.78 is 0. The Morgan fingerprint density at radius 3 is 2.55 bits per heavy atom. The zero-order valence-corrected chi connectivity index (χ0v) is 12.0. The molecule has 0 aliphatic carbocycles. The second kappa shape index (κ2) is 5.92. The molecule has 4 nitrogen and oxygen atoms in total. The van der Waals surface area contributed by atoms with Crippen molar-refractivity contribution in [1.82, 2.24) is 9.88 Å². The normalized spacial score (nSPS) is 11.9. The van der Waals surface area contributed by atoms with Gasteiger partial charge in [-0.05, 0) is 36.8 Å². The molecule has 0 fully saturated rings. The van der Waals surface area contributed by atoms with E-state index in [0.717, 1.165) is 5.56 Å². The molecule has 2 aromatic rings. The topological polar surface area (TPSA) is 53.4 Å². The molecule has 5 heteroatoms. The molecule has 1 aromatic heterocycles. The van der Waals surface area contributed by atoms with Gasteiger partial charge in [-0.1, -0.05) is 23.7 Å². The van der Waals surface area contributed by atoms with Crippen LogP contribution in [-0.4, -0.2) is 27.9 Å². The first-order chi connectivity index (χ1) is 9.50. The van der Waals surface area contributed by atoms with Gasteiger partial charge in [0.2, 0.25) is 0 Å². The molecule has 0 aliphatic heterocycles. The first-order valence-electron chi connectivity index (χ1n) is 6.17. The SMILES string of the molecule is CC(c1ccc(Cl)cc1)N(C)C(=O)c1ncccc1O. The molecule has 0 bridgehead atoms. The van der Waals surface area contributed by atoms with E-state index in [1.54, 1.807) is 25.2 Å². The highest BCUT2D eigenvalue weighted by atomic mass is 35.5. The first-order valence-corrected chi connectivity index (χ1v) is 6.55. The van der Waals surface area contributed by atoms with Gasteiger partial charge in [-0.3, -0.25) is 4.79 Å². The summed E-state index contributed by atoms with van der Waals surface area (Å²) in [6.45, 7) is 1.90. The molecule has 104 valence electrons. The monoisotopic (exact) mass is 290 g/mol. The maximum Gasteiger partial charge on any atom is 0.276 e. The molecule has 2 rings (SSSR count). The van der Waals surface area contributed by atoms with Crippen molar-refractivity contribution in [2.24, 2.45) is 0 Å². The second-order valence-electron chi connectivity index (χ2n) is 4.51. The van der Waals surface area contributed by atoms with Gasteiger partial charge in [-0.2, -0.15) is 0 Å². The van der Waals surface area contributed by atoms with Gasteiger partial charge in [0.1, 0.15) is 5.75 Å². The molecular formula is C15H15ClN2O2. The fraction of sp³-hybridized carbons (Fsp3) is 0.200. The molecule has 20 heavy (non-hydrogen) atoms. The third-order valence-electron chi connectivity index (χ3n) is 3.24. The minimum atomic E-state index is -0.328. The molecule has 1 amide bonds. The molecule has 1 atom stereocenters. The van der Waals surface area contributed by atoms with Crippen LogP contribution in [0.15, 0.2) is 42.6 Å². The van der Waals surface area contributed by atoms with E-state index < -0.39 is 0 Å². The summed E-state index contributed by atoms with van der Waals surface area (Å²) in [5.74, 6) is -0.446. The minimum Gasteiger partial charge on any atom is -0.505 e. The van der Waals surface area contributed by atoms with E-state index in [1.807, 2.05) is 19.1 Å². The van der Waals surface area contributed by atoms with Crippen molar-refractivity contribution in [3.8, 4) is 5.75 Å². The first kappa shape index (κ1) is 14.3. The lowest BCUT2D eigenvalue weighted by Gasteiger charge is -2.25. The zero-order chi connectivity index (χ0) is 14.7. The highest BCUT2D eigenvalue weighted by Gasteiger charge is 2.22. The van der Waals surface area contributed by atoms with Crippen molar-refractivity contribution < 1.29 is 9.90 Å². The lowest BCUT2D eigenvalue weighted by Crippen LogP contribution is -2.30. The Bertz CT molecular complexity index is 614. The van der Waals surface area contributed by atoms with Crippen LogP contribution in [0, 0.1) is 0 Å². The number of benzene rings is 1. The fourth-order valence-electron chi connectivity index (χ4n) is 1.87. The second-order valence-corrected chi connectivity index (χ2v) is 4.95. The molecular weight excluding hydrogens is 276 g/mol. The standard InChI is InChI=1S/C15H15ClN2O2/c1-10(11-5-7-12(16)8-6-11)18(2)15(20)14-13(19)4-3-9-17-14/h3-10,19H,1-2H3. The maximum absolute atomic E-state index is 12.3. The van der Waals surface area contributed by atoms with Gasteiger partial charge in [-0.25, -0.2) is 4.98 Å². The summed E-state index contributed by atoms with van der Waals surface area (Å²) in [7, 11) is 1.68. The quantitative estimate of drug-likeness (QED) is 0.944. The van der Waals surface area contributed by atoms with Gasteiger partial charge in [0.25, 0.3) is 5.91 Å². The molecule has 0 aliphatic rings. The summed E-state index contributed by atoms with van der Waals surface area (Å²) in [6.07, 6.45) is 1.48. The summed E-state index contributed by atoms with van der Waals surface area (Å²) in [5.41, 5.74) is 1.01. The van der Waals surface area contributed by atoms with E-state index in [2.05, 4.69) is 4.98 Å². The Morgan fingerprint density at radius 2 is 1.95 bits per heavy atom. The number of aromatic hydroxyl groups is 1. The van der Waals surface area contributed by atoms with Gasteiger partial charge in [0.15, 0.2) is 5.69 Å². The maximum atomic E-state index is 12.3. The van der Waals surface area contributed by atoms with E-state index in [1.165, 1.54) is 17.2 Å². The zero-order valence-electron chi connectivity index (χ0n) is 11.2.